The molecule has 5 rings (SSSR count). The van der Waals surface area contributed by atoms with Gasteiger partial charge in [0.25, 0.3) is 5.89 Å². The topological polar surface area (TPSA) is 71.3 Å². The van der Waals surface area contributed by atoms with Gasteiger partial charge in [0.05, 0.1) is 18.2 Å². The predicted molar refractivity (Wildman–Crippen MR) is 132 cm³/mol. The summed E-state index contributed by atoms with van der Waals surface area (Å²) < 4.78 is 19.4. The molecule has 176 valence electrons. The Bertz CT molecular complexity index is 1410. The van der Waals surface area contributed by atoms with E-state index in [-0.39, 0.29) is 17.7 Å². The molecule has 1 atom stereocenters. The molecule has 0 bridgehead atoms. The van der Waals surface area contributed by atoms with Crippen molar-refractivity contribution in [1.29, 1.82) is 0 Å². The van der Waals surface area contributed by atoms with Gasteiger partial charge in [-0.15, -0.1) is 0 Å². The molecule has 2 amide bonds. The molecule has 3 aromatic carbocycles. The molecular formula is C27H22ClFN4O2. The minimum absolute atomic E-state index is 0.239. The maximum atomic E-state index is 13.8. The highest BCUT2D eigenvalue weighted by atomic mass is 35.5. The SMILES string of the molecule is CC1=C(c2nc(-c3cccc(F)c3)no2)C(c2ccc(Cl)cc2)NC(=O)N1Cc1ccc(C)cc1. The lowest BCUT2D eigenvalue weighted by Gasteiger charge is -2.35. The van der Waals surface area contributed by atoms with E-state index >= 15 is 0 Å². The van der Waals surface area contributed by atoms with Crippen molar-refractivity contribution in [2.24, 2.45) is 0 Å². The lowest BCUT2D eigenvalue weighted by atomic mass is 9.94. The molecule has 1 aliphatic heterocycles. The van der Waals surface area contributed by atoms with Crippen molar-refractivity contribution in [3.05, 3.63) is 112 Å². The van der Waals surface area contributed by atoms with Gasteiger partial charge in [-0.3, -0.25) is 4.90 Å². The third-order valence-corrected chi connectivity index (χ3v) is 6.25. The van der Waals surface area contributed by atoms with Gasteiger partial charge in [-0.1, -0.05) is 70.9 Å². The normalized spacial score (nSPS) is 15.9. The number of aryl methyl sites for hydroxylation is 1. The smallest absolute Gasteiger partial charge is 0.322 e. The molecule has 1 N–H and O–H groups in total. The highest BCUT2D eigenvalue weighted by Gasteiger charge is 2.35. The average molecular weight is 489 g/mol. The second-order valence-electron chi connectivity index (χ2n) is 8.44. The molecule has 1 aliphatic rings. The summed E-state index contributed by atoms with van der Waals surface area (Å²) in [6, 6.07) is 20.5. The Labute approximate surface area is 207 Å². The monoisotopic (exact) mass is 488 g/mol. The third kappa shape index (κ3) is 4.68. The summed E-state index contributed by atoms with van der Waals surface area (Å²) in [6.07, 6.45) is 0. The van der Waals surface area contributed by atoms with Crippen LogP contribution in [0.15, 0.2) is 83.0 Å². The Hall–Kier alpha value is -3.97. The van der Waals surface area contributed by atoms with Gasteiger partial charge in [-0.25, -0.2) is 9.18 Å². The quantitative estimate of drug-likeness (QED) is 0.346. The molecular weight excluding hydrogens is 467 g/mol. The van der Waals surface area contributed by atoms with Gasteiger partial charge in [-0.2, -0.15) is 4.98 Å². The van der Waals surface area contributed by atoms with Crippen LogP contribution in [-0.4, -0.2) is 21.1 Å². The number of nitrogens with zero attached hydrogens (tertiary/aromatic N) is 3. The van der Waals surface area contributed by atoms with Gasteiger partial charge in [-0.05, 0) is 49.2 Å². The maximum absolute atomic E-state index is 13.8. The maximum Gasteiger partial charge on any atom is 0.322 e. The molecule has 6 nitrogen and oxygen atoms in total. The highest BCUT2D eigenvalue weighted by Crippen LogP contribution is 2.38. The van der Waals surface area contributed by atoms with Crippen LogP contribution in [0.4, 0.5) is 9.18 Å². The summed E-state index contributed by atoms with van der Waals surface area (Å²) in [5.74, 6) is 0.116. The van der Waals surface area contributed by atoms with Crippen LogP contribution in [0.25, 0.3) is 17.0 Å². The van der Waals surface area contributed by atoms with Crippen LogP contribution in [-0.2, 0) is 6.54 Å². The first-order chi connectivity index (χ1) is 16.9. The minimum atomic E-state index is -0.533. The molecule has 0 fully saturated rings. The van der Waals surface area contributed by atoms with Crippen molar-refractivity contribution in [2.75, 3.05) is 0 Å². The first-order valence-corrected chi connectivity index (χ1v) is 11.5. The fourth-order valence-electron chi connectivity index (χ4n) is 4.11. The van der Waals surface area contributed by atoms with Crippen LogP contribution in [0.2, 0.25) is 5.02 Å². The summed E-state index contributed by atoms with van der Waals surface area (Å²) in [4.78, 5) is 19.4. The van der Waals surface area contributed by atoms with E-state index in [0.29, 0.717) is 28.4 Å². The second kappa shape index (κ2) is 9.35. The Balaban J connectivity index is 1.59. The Morgan fingerprint density at radius 2 is 1.80 bits per heavy atom. The van der Waals surface area contributed by atoms with Crippen LogP contribution < -0.4 is 5.32 Å². The van der Waals surface area contributed by atoms with Crippen molar-refractivity contribution in [3.63, 3.8) is 0 Å². The van der Waals surface area contributed by atoms with E-state index in [1.807, 2.05) is 50.2 Å². The average Bonchev–Trinajstić information content (AvgIpc) is 3.33. The molecule has 1 unspecified atom stereocenters. The van der Waals surface area contributed by atoms with Crippen molar-refractivity contribution in [3.8, 4) is 11.4 Å². The molecule has 1 aromatic heterocycles. The fourth-order valence-corrected chi connectivity index (χ4v) is 4.23. The molecule has 2 heterocycles. The zero-order chi connectivity index (χ0) is 24.5. The number of nitrogens with one attached hydrogen (secondary N) is 1. The van der Waals surface area contributed by atoms with Crippen LogP contribution in [0.1, 0.15) is 35.5 Å². The van der Waals surface area contributed by atoms with E-state index in [4.69, 9.17) is 16.1 Å². The highest BCUT2D eigenvalue weighted by molar-refractivity contribution is 6.30. The lowest BCUT2D eigenvalue weighted by molar-refractivity contribution is 0.203. The van der Waals surface area contributed by atoms with Gasteiger partial charge in [0.15, 0.2) is 0 Å². The number of allylic oxidation sites excluding steroid dienone is 1. The number of urea groups is 1. The Morgan fingerprint density at radius 3 is 2.51 bits per heavy atom. The zero-order valence-electron chi connectivity index (χ0n) is 19.1. The molecule has 35 heavy (non-hydrogen) atoms. The van der Waals surface area contributed by atoms with Crippen LogP contribution in [0, 0.1) is 12.7 Å². The number of carbonyl (C=O) groups is 1. The van der Waals surface area contributed by atoms with Gasteiger partial charge in [0, 0.05) is 16.3 Å². The summed E-state index contributed by atoms with van der Waals surface area (Å²) in [6.45, 7) is 4.25. The number of hydrogen-bond acceptors (Lipinski definition) is 4. The van der Waals surface area contributed by atoms with Crippen molar-refractivity contribution < 1.29 is 13.7 Å². The zero-order valence-corrected chi connectivity index (χ0v) is 19.9. The second-order valence-corrected chi connectivity index (χ2v) is 8.87. The number of aromatic nitrogens is 2. The van der Waals surface area contributed by atoms with E-state index < -0.39 is 11.9 Å². The number of halogens is 2. The van der Waals surface area contributed by atoms with Crippen LogP contribution >= 0.6 is 11.6 Å². The Kier molecular flexibility index (Phi) is 6.09. The molecule has 0 aliphatic carbocycles. The number of rotatable bonds is 5. The minimum Gasteiger partial charge on any atom is -0.334 e. The van der Waals surface area contributed by atoms with E-state index in [1.165, 1.54) is 12.1 Å². The van der Waals surface area contributed by atoms with Gasteiger partial charge in [0.2, 0.25) is 5.82 Å². The van der Waals surface area contributed by atoms with Crippen molar-refractivity contribution in [1.82, 2.24) is 20.4 Å². The summed E-state index contributed by atoms with van der Waals surface area (Å²) in [5, 5.41) is 7.74. The lowest BCUT2D eigenvalue weighted by Crippen LogP contribution is -2.45. The molecule has 0 radical (unpaired) electrons. The van der Waals surface area contributed by atoms with Crippen LogP contribution in [0.3, 0.4) is 0 Å². The molecule has 0 saturated heterocycles. The summed E-state index contributed by atoms with van der Waals surface area (Å²) in [5.41, 5.74) is 4.79. The Morgan fingerprint density at radius 1 is 1.06 bits per heavy atom. The standard InChI is InChI=1S/C27H22ClFN4O2/c1-16-6-8-18(9-7-16)15-33-17(2)23(24(30-27(33)34)19-10-12-21(28)13-11-19)26-31-25(32-35-26)20-4-3-5-22(29)14-20/h3-14,24H,15H2,1-2H3,(H,30,34). The van der Waals surface area contributed by atoms with E-state index in [9.17, 15) is 9.18 Å². The fraction of sp³-hybridized carbons (Fsp3) is 0.148. The van der Waals surface area contributed by atoms with E-state index in [2.05, 4.69) is 15.5 Å². The van der Waals surface area contributed by atoms with Crippen molar-refractivity contribution >= 4 is 23.2 Å². The predicted octanol–water partition coefficient (Wildman–Crippen LogP) is 6.54. The van der Waals surface area contributed by atoms with Crippen molar-refractivity contribution in [2.45, 2.75) is 26.4 Å². The van der Waals surface area contributed by atoms with Gasteiger partial charge >= 0.3 is 6.03 Å². The van der Waals surface area contributed by atoms with Crippen LogP contribution in [0.5, 0.6) is 0 Å². The van der Waals surface area contributed by atoms with Gasteiger partial charge < -0.3 is 9.84 Å². The number of carbonyl (C=O) groups excluding carboxylic acids is 1. The summed E-state index contributed by atoms with van der Waals surface area (Å²) in [7, 11) is 0. The number of amides is 2. The molecule has 4 aromatic rings. The third-order valence-electron chi connectivity index (χ3n) is 6.00. The molecule has 8 heteroatoms. The first-order valence-electron chi connectivity index (χ1n) is 11.1. The van der Waals surface area contributed by atoms with Gasteiger partial charge in [0.1, 0.15) is 5.82 Å². The summed E-state index contributed by atoms with van der Waals surface area (Å²) >= 11 is 6.09. The first kappa shape index (κ1) is 22.8. The van der Waals surface area contributed by atoms with E-state index in [0.717, 1.165) is 16.7 Å². The molecule has 0 spiro atoms. The molecule has 0 saturated carbocycles. The largest absolute Gasteiger partial charge is 0.334 e. The number of hydrogen-bond donors (Lipinski definition) is 1. The number of benzene rings is 3. The van der Waals surface area contributed by atoms with E-state index in [1.54, 1.807) is 29.2 Å².